The first-order valence-corrected chi connectivity index (χ1v) is 7.82. The van der Waals surface area contributed by atoms with Gasteiger partial charge in [0, 0.05) is 16.8 Å². The highest BCUT2D eigenvalue weighted by Gasteiger charge is 2.13. The number of halogens is 2. The number of para-hydroxylation sites is 2. The van der Waals surface area contributed by atoms with Crippen LogP contribution in [0.4, 0.5) is 0 Å². The minimum atomic E-state index is 0.562. The van der Waals surface area contributed by atoms with Crippen molar-refractivity contribution >= 4 is 38.6 Å². The number of nitrogens with zero attached hydrogens (tertiary/aromatic N) is 2. The van der Waals surface area contributed by atoms with Crippen LogP contribution in [0.1, 0.15) is 11.4 Å². The lowest BCUT2D eigenvalue weighted by Crippen LogP contribution is -2.03. The molecule has 0 saturated heterocycles. The first kappa shape index (κ1) is 13.7. The van der Waals surface area contributed by atoms with Gasteiger partial charge in [-0.1, -0.05) is 18.2 Å². The average molecular weight is 350 g/mol. The molecule has 2 aromatic carbocycles. The monoisotopic (exact) mass is 348 g/mol. The van der Waals surface area contributed by atoms with Crippen molar-refractivity contribution in [2.24, 2.45) is 0 Å². The molecular formula is C16H14BrClN2. The topological polar surface area (TPSA) is 17.8 Å². The highest BCUT2D eigenvalue weighted by Crippen LogP contribution is 2.28. The highest BCUT2D eigenvalue weighted by atomic mass is 79.9. The fraction of sp³-hybridized carbons (Fsp3) is 0.188. The molecule has 0 bridgehead atoms. The van der Waals surface area contributed by atoms with Crippen molar-refractivity contribution in [1.82, 2.24) is 9.55 Å². The molecular weight excluding hydrogens is 336 g/mol. The lowest BCUT2D eigenvalue weighted by molar-refractivity contribution is 0.909. The van der Waals surface area contributed by atoms with Crippen LogP contribution in [0.15, 0.2) is 46.9 Å². The van der Waals surface area contributed by atoms with Crippen molar-refractivity contribution < 1.29 is 0 Å². The van der Waals surface area contributed by atoms with E-state index in [-0.39, 0.29) is 0 Å². The Hall–Kier alpha value is -1.32. The molecule has 0 aliphatic heterocycles. The molecule has 3 aromatic rings. The summed E-state index contributed by atoms with van der Waals surface area (Å²) < 4.78 is 3.25. The zero-order chi connectivity index (χ0) is 14.1. The third kappa shape index (κ3) is 2.36. The van der Waals surface area contributed by atoms with Crippen LogP contribution in [0.25, 0.3) is 16.7 Å². The summed E-state index contributed by atoms with van der Waals surface area (Å²) in [4.78, 5) is 4.70. The molecule has 0 amide bonds. The van der Waals surface area contributed by atoms with E-state index in [1.807, 2.05) is 18.2 Å². The Morgan fingerprint density at radius 2 is 2.00 bits per heavy atom. The number of hydrogen-bond acceptors (Lipinski definition) is 1. The Bertz CT molecular complexity index is 764. The molecule has 3 rings (SSSR count). The summed E-state index contributed by atoms with van der Waals surface area (Å²) in [5.41, 5.74) is 4.44. The Balaban J connectivity index is 2.30. The lowest BCUT2D eigenvalue weighted by atomic mass is 10.2. The van der Waals surface area contributed by atoms with E-state index in [2.05, 4.69) is 51.7 Å². The molecule has 0 radical (unpaired) electrons. The zero-order valence-electron chi connectivity index (χ0n) is 11.1. The molecule has 102 valence electrons. The summed E-state index contributed by atoms with van der Waals surface area (Å²) in [5, 5.41) is 0. The van der Waals surface area contributed by atoms with Crippen LogP contribution in [-0.4, -0.2) is 15.4 Å². The maximum Gasteiger partial charge on any atom is 0.115 e. The van der Waals surface area contributed by atoms with Gasteiger partial charge in [0.05, 0.1) is 16.7 Å². The average Bonchev–Trinajstić information content (AvgIpc) is 2.78. The van der Waals surface area contributed by atoms with E-state index >= 15 is 0 Å². The number of hydrogen-bond donors (Lipinski definition) is 0. The van der Waals surface area contributed by atoms with E-state index in [4.69, 9.17) is 16.6 Å². The summed E-state index contributed by atoms with van der Waals surface area (Å²) in [7, 11) is 0. The van der Waals surface area contributed by atoms with Crippen molar-refractivity contribution in [2.75, 3.05) is 5.88 Å². The largest absolute Gasteiger partial charge is 0.295 e. The van der Waals surface area contributed by atoms with Gasteiger partial charge in [0.1, 0.15) is 5.82 Å². The van der Waals surface area contributed by atoms with Crippen LogP contribution in [0.3, 0.4) is 0 Å². The number of rotatable bonds is 3. The summed E-state index contributed by atoms with van der Waals surface area (Å²) in [6.07, 6.45) is 0.747. The summed E-state index contributed by atoms with van der Waals surface area (Å²) in [5.74, 6) is 1.55. The summed E-state index contributed by atoms with van der Waals surface area (Å²) in [6.45, 7) is 2.08. The SMILES string of the molecule is Cc1ccc(-n2c(CCCl)nc3ccccc32)c(Br)c1. The molecule has 1 heterocycles. The number of benzene rings is 2. The van der Waals surface area contributed by atoms with E-state index < -0.39 is 0 Å². The molecule has 0 N–H and O–H groups in total. The van der Waals surface area contributed by atoms with Gasteiger partial charge in [0.2, 0.25) is 0 Å². The molecule has 0 aliphatic rings. The molecule has 2 nitrogen and oxygen atoms in total. The molecule has 0 unspecified atom stereocenters. The predicted molar refractivity (Wildman–Crippen MR) is 87.9 cm³/mol. The van der Waals surface area contributed by atoms with Crippen LogP contribution in [-0.2, 0) is 6.42 Å². The third-order valence-electron chi connectivity index (χ3n) is 3.29. The molecule has 1 aromatic heterocycles. The minimum absolute atomic E-state index is 0.562. The van der Waals surface area contributed by atoms with Gasteiger partial charge < -0.3 is 0 Å². The van der Waals surface area contributed by atoms with Crippen LogP contribution in [0, 0.1) is 6.92 Å². The number of aryl methyl sites for hydroxylation is 2. The van der Waals surface area contributed by atoms with Gasteiger partial charge in [0.25, 0.3) is 0 Å². The van der Waals surface area contributed by atoms with E-state index in [0.717, 1.165) is 33.4 Å². The fourth-order valence-electron chi connectivity index (χ4n) is 2.39. The van der Waals surface area contributed by atoms with Gasteiger partial charge in [-0.15, -0.1) is 11.6 Å². The second-order valence-electron chi connectivity index (χ2n) is 4.75. The third-order valence-corrected chi connectivity index (χ3v) is 4.12. The lowest BCUT2D eigenvalue weighted by Gasteiger charge is -2.11. The summed E-state index contributed by atoms with van der Waals surface area (Å²) >= 11 is 9.58. The van der Waals surface area contributed by atoms with Crippen LogP contribution in [0.2, 0.25) is 0 Å². The Morgan fingerprint density at radius 1 is 1.20 bits per heavy atom. The number of fused-ring (bicyclic) bond motifs is 1. The molecule has 0 saturated carbocycles. The fourth-order valence-corrected chi connectivity index (χ4v) is 3.23. The summed E-state index contributed by atoms with van der Waals surface area (Å²) in [6, 6.07) is 14.5. The normalized spacial score (nSPS) is 11.2. The van der Waals surface area contributed by atoms with Gasteiger partial charge in [-0.3, -0.25) is 4.57 Å². The van der Waals surface area contributed by atoms with Gasteiger partial charge in [0.15, 0.2) is 0 Å². The molecule has 0 fully saturated rings. The maximum atomic E-state index is 5.92. The van der Waals surface area contributed by atoms with Crippen LogP contribution >= 0.6 is 27.5 Å². The van der Waals surface area contributed by atoms with E-state index in [1.54, 1.807) is 0 Å². The van der Waals surface area contributed by atoms with Crippen LogP contribution in [0.5, 0.6) is 0 Å². The molecule has 20 heavy (non-hydrogen) atoms. The highest BCUT2D eigenvalue weighted by molar-refractivity contribution is 9.10. The molecule has 0 spiro atoms. The van der Waals surface area contributed by atoms with Crippen molar-refractivity contribution in [3.63, 3.8) is 0 Å². The van der Waals surface area contributed by atoms with Crippen molar-refractivity contribution in [3.05, 3.63) is 58.3 Å². The minimum Gasteiger partial charge on any atom is -0.295 e. The number of imidazole rings is 1. The van der Waals surface area contributed by atoms with Crippen molar-refractivity contribution in [1.29, 1.82) is 0 Å². The Morgan fingerprint density at radius 3 is 2.75 bits per heavy atom. The number of alkyl halides is 1. The van der Waals surface area contributed by atoms with E-state index in [0.29, 0.717) is 5.88 Å². The van der Waals surface area contributed by atoms with Crippen molar-refractivity contribution in [2.45, 2.75) is 13.3 Å². The predicted octanol–water partition coefficient (Wildman–Crippen LogP) is 4.88. The quantitative estimate of drug-likeness (QED) is 0.616. The van der Waals surface area contributed by atoms with Gasteiger partial charge in [-0.2, -0.15) is 0 Å². The molecule has 0 aliphatic carbocycles. The Kier molecular flexibility index (Phi) is 3.81. The van der Waals surface area contributed by atoms with Gasteiger partial charge in [-0.05, 0) is 52.7 Å². The number of aromatic nitrogens is 2. The second-order valence-corrected chi connectivity index (χ2v) is 5.98. The first-order valence-electron chi connectivity index (χ1n) is 6.49. The first-order chi connectivity index (χ1) is 9.70. The van der Waals surface area contributed by atoms with Crippen molar-refractivity contribution in [3.8, 4) is 5.69 Å². The standard InChI is InChI=1S/C16H14BrClN2/c1-11-6-7-14(12(17)10-11)20-15-5-3-2-4-13(15)19-16(20)8-9-18/h2-7,10H,8-9H2,1H3. The van der Waals surface area contributed by atoms with Gasteiger partial charge >= 0.3 is 0 Å². The second kappa shape index (κ2) is 5.58. The maximum absolute atomic E-state index is 5.92. The molecule has 4 heteroatoms. The zero-order valence-corrected chi connectivity index (χ0v) is 13.4. The Labute approximate surface area is 131 Å². The van der Waals surface area contributed by atoms with E-state index in [9.17, 15) is 0 Å². The molecule has 0 atom stereocenters. The van der Waals surface area contributed by atoms with Crippen LogP contribution < -0.4 is 0 Å². The van der Waals surface area contributed by atoms with Gasteiger partial charge in [-0.25, -0.2) is 4.98 Å². The van der Waals surface area contributed by atoms with E-state index in [1.165, 1.54) is 5.56 Å². The smallest absolute Gasteiger partial charge is 0.115 e.